The molecule has 27 heavy (non-hydrogen) atoms. The number of carbonyl (C=O) groups excluding carboxylic acids is 1. The number of pyridine rings is 1. The van der Waals surface area contributed by atoms with E-state index >= 15 is 0 Å². The third kappa shape index (κ3) is 6.08. The monoisotopic (exact) mass is 366 g/mol. The summed E-state index contributed by atoms with van der Waals surface area (Å²) < 4.78 is 5.84. The van der Waals surface area contributed by atoms with Gasteiger partial charge in [0.15, 0.2) is 0 Å². The molecule has 1 amide bonds. The zero-order valence-corrected chi connectivity index (χ0v) is 16.2. The summed E-state index contributed by atoms with van der Waals surface area (Å²) in [6.07, 6.45) is 2.44. The van der Waals surface area contributed by atoms with Crippen LogP contribution in [0.4, 0.5) is 5.82 Å². The van der Waals surface area contributed by atoms with Crippen molar-refractivity contribution >= 4 is 11.7 Å². The van der Waals surface area contributed by atoms with Gasteiger partial charge < -0.3 is 15.8 Å². The fourth-order valence-corrected chi connectivity index (χ4v) is 3.02. The average Bonchev–Trinajstić information content (AvgIpc) is 2.58. The smallest absolute Gasteiger partial charge is 0.222 e. The maximum atomic E-state index is 11.2. The molecule has 2 rings (SSSR count). The lowest BCUT2D eigenvalue weighted by atomic mass is 9.93. The maximum Gasteiger partial charge on any atom is 0.222 e. The van der Waals surface area contributed by atoms with Gasteiger partial charge in [-0.05, 0) is 54.7 Å². The van der Waals surface area contributed by atoms with Gasteiger partial charge in [-0.1, -0.05) is 19.9 Å². The topological polar surface area (TPSA) is 101 Å². The Morgan fingerprint density at radius 1 is 1.33 bits per heavy atom. The first kappa shape index (κ1) is 20.4. The van der Waals surface area contributed by atoms with Crippen molar-refractivity contribution in [2.75, 3.05) is 11.9 Å². The van der Waals surface area contributed by atoms with Crippen LogP contribution in [0.3, 0.4) is 0 Å². The van der Waals surface area contributed by atoms with E-state index in [0.717, 1.165) is 17.5 Å². The molecule has 0 aliphatic rings. The van der Waals surface area contributed by atoms with Crippen molar-refractivity contribution in [3.8, 4) is 22.9 Å². The molecule has 1 aromatic heterocycles. The standard InChI is InChI=1S/C21H26N4O2/c1-14(2)11-21(4,23)13-27-19-6-5-16(9-18(19)12-22)17-7-8-24-20(10-17)25-15(3)26/h5-10,14H,11,13,23H2,1-4H3,(H,24,25,26)/t21-/m0/s1. The van der Waals surface area contributed by atoms with Gasteiger partial charge in [0.1, 0.15) is 24.2 Å². The van der Waals surface area contributed by atoms with Crippen LogP contribution in [0, 0.1) is 17.2 Å². The molecule has 3 N–H and O–H groups in total. The molecule has 1 aromatic carbocycles. The molecule has 142 valence electrons. The molecule has 0 unspecified atom stereocenters. The van der Waals surface area contributed by atoms with Crippen LogP contribution in [-0.2, 0) is 4.79 Å². The predicted molar refractivity (Wildman–Crippen MR) is 106 cm³/mol. The fraction of sp³-hybridized carbons (Fsp3) is 0.381. The zero-order chi connectivity index (χ0) is 20.0. The van der Waals surface area contributed by atoms with Gasteiger partial charge in [0.25, 0.3) is 0 Å². The molecule has 0 aliphatic carbocycles. The first-order valence-electron chi connectivity index (χ1n) is 8.90. The summed E-state index contributed by atoms with van der Waals surface area (Å²) >= 11 is 0. The molecule has 1 atom stereocenters. The number of nitrogens with two attached hydrogens (primary N) is 1. The summed E-state index contributed by atoms with van der Waals surface area (Å²) in [5.74, 6) is 1.25. The molecular formula is C21H26N4O2. The lowest BCUT2D eigenvalue weighted by Gasteiger charge is -2.26. The summed E-state index contributed by atoms with van der Waals surface area (Å²) in [6.45, 7) is 7.95. The van der Waals surface area contributed by atoms with Crippen LogP contribution in [0.1, 0.15) is 39.7 Å². The van der Waals surface area contributed by atoms with Crippen molar-refractivity contribution in [2.24, 2.45) is 11.7 Å². The van der Waals surface area contributed by atoms with Gasteiger partial charge >= 0.3 is 0 Å². The van der Waals surface area contributed by atoms with Crippen LogP contribution in [0.15, 0.2) is 36.5 Å². The molecule has 0 fully saturated rings. The lowest BCUT2D eigenvalue weighted by Crippen LogP contribution is -2.43. The van der Waals surface area contributed by atoms with Crippen molar-refractivity contribution in [3.63, 3.8) is 0 Å². The second kappa shape index (κ2) is 8.65. The van der Waals surface area contributed by atoms with E-state index in [9.17, 15) is 10.1 Å². The number of ether oxygens (including phenoxy) is 1. The van der Waals surface area contributed by atoms with Crippen molar-refractivity contribution in [1.29, 1.82) is 5.26 Å². The largest absolute Gasteiger partial charge is 0.490 e. The maximum absolute atomic E-state index is 11.2. The molecule has 0 saturated heterocycles. The molecule has 0 saturated carbocycles. The molecule has 0 bridgehead atoms. The third-order valence-corrected chi connectivity index (χ3v) is 3.93. The zero-order valence-electron chi connectivity index (χ0n) is 16.2. The minimum Gasteiger partial charge on any atom is -0.490 e. The molecule has 0 aliphatic heterocycles. The minimum absolute atomic E-state index is 0.188. The van der Waals surface area contributed by atoms with E-state index in [1.54, 1.807) is 24.4 Å². The molecule has 0 spiro atoms. The van der Waals surface area contributed by atoms with E-state index in [0.29, 0.717) is 29.7 Å². The normalized spacial score (nSPS) is 12.9. The van der Waals surface area contributed by atoms with E-state index in [1.165, 1.54) is 6.92 Å². The number of hydrogen-bond donors (Lipinski definition) is 2. The van der Waals surface area contributed by atoms with Gasteiger partial charge in [-0.15, -0.1) is 0 Å². The van der Waals surface area contributed by atoms with E-state index in [2.05, 4.69) is 30.2 Å². The molecule has 6 heteroatoms. The Morgan fingerprint density at radius 2 is 2.04 bits per heavy atom. The number of benzene rings is 1. The van der Waals surface area contributed by atoms with Gasteiger partial charge in [-0.2, -0.15) is 5.26 Å². The van der Waals surface area contributed by atoms with Crippen LogP contribution >= 0.6 is 0 Å². The van der Waals surface area contributed by atoms with Crippen LogP contribution in [0.2, 0.25) is 0 Å². The summed E-state index contributed by atoms with van der Waals surface area (Å²) in [6, 6.07) is 11.2. The molecule has 6 nitrogen and oxygen atoms in total. The number of rotatable bonds is 7. The minimum atomic E-state index is -0.460. The highest BCUT2D eigenvalue weighted by atomic mass is 16.5. The Morgan fingerprint density at radius 3 is 2.67 bits per heavy atom. The van der Waals surface area contributed by atoms with Crippen LogP contribution in [0.25, 0.3) is 11.1 Å². The first-order valence-corrected chi connectivity index (χ1v) is 8.90. The van der Waals surface area contributed by atoms with E-state index in [-0.39, 0.29) is 5.91 Å². The van der Waals surface area contributed by atoms with Crippen LogP contribution in [-0.4, -0.2) is 23.0 Å². The second-order valence-corrected chi connectivity index (χ2v) is 7.47. The number of aromatic nitrogens is 1. The predicted octanol–water partition coefficient (Wildman–Crippen LogP) is 3.72. The van der Waals surface area contributed by atoms with Crippen molar-refractivity contribution in [3.05, 3.63) is 42.1 Å². The Balaban J connectivity index is 2.21. The fourth-order valence-electron chi connectivity index (χ4n) is 3.02. The van der Waals surface area contributed by atoms with Crippen LogP contribution < -0.4 is 15.8 Å². The van der Waals surface area contributed by atoms with Crippen molar-refractivity contribution < 1.29 is 9.53 Å². The van der Waals surface area contributed by atoms with Gasteiger partial charge in [-0.3, -0.25) is 4.79 Å². The highest BCUT2D eigenvalue weighted by Crippen LogP contribution is 2.28. The number of carbonyl (C=O) groups is 1. The summed E-state index contributed by atoms with van der Waals surface area (Å²) in [5, 5.41) is 12.2. The van der Waals surface area contributed by atoms with Crippen molar-refractivity contribution in [1.82, 2.24) is 4.98 Å². The van der Waals surface area contributed by atoms with Gasteiger partial charge in [0.2, 0.25) is 5.91 Å². The SMILES string of the molecule is CC(=O)Nc1cc(-c2ccc(OC[C@@](C)(N)CC(C)C)c(C#N)c2)ccn1. The molecular weight excluding hydrogens is 340 g/mol. The van der Waals surface area contributed by atoms with E-state index < -0.39 is 5.54 Å². The molecule has 1 heterocycles. The van der Waals surface area contributed by atoms with E-state index in [1.807, 2.05) is 19.1 Å². The third-order valence-electron chi connectivity index (χ3n) is 3.93. The summed E-state index contributed by atoms with van der Waals surface area (Å²) in [5.41, 5.74) is 7.95. The highest BCUT2D eigenvalue weighted by Gasteiger charge is 2.21. The summed E-state index contributed by atoms with van der Waals surface area (Å²) in [7, 11) is 0. The Labute approximate surface area is 160 Å². The quantitative estimate of drug-likeness (QED) is 0.778. The Kier molecular flexibility index (Phi) is 6.54. The molecule has 2 aromatic rings. The van der Waals surface area contributed by atoms with Gasteiger partial charge in [-0.25, -0.2) is 4.98 Å². The number of nitrogens with one attached hydrogen (secondary N) is 1. The second-order valence-electron chi connectivity index (χ2n) is 7.47. The Bertz CT molecular complexity index is 854. The Hall–Kier alpha value is -2.91. The van der Waals surface area contributed by atoms with Crippen LogP contribution in [0.5, 0.6) is 5.75 Å². The average molecular weight is 366 g/mol. The van der Waals surface area contributed by atoms with Gasteiger partial charge in [0, 0.05) is 18.7 Å². The van der Waals surface area contributed by atoms with Crippen molar-refractivity contribution in [2.45, 2.75) is 39.7 Å². The number of anilines is 1. The number of hydrogen-bond acceptors (Lipinski definition) is 5. The summed E-state index contributed by atoms with van der Waals surface area (Å²) in [4.78, 5) is 15.3. The number of amides is 1. The number of nitrogens with zero attached hydrogens (tertiary/aromatic N) is 2. The van der Waals surface area contributed by atoms with E-state index in [4.69, 9.17) is 10.5 Å². The number of nitriles is 1. The lowest BCUT2D eigenvalue weighted by molar-refractivity contribution is -0.114. The van der Waals surface area contributed by atoms with Gasteiger partial charge in [0.05, 0.1) is 5.56 Å². The molecule has 0 radical (unpaired) electrons. The first-order chi connectivity index (χ1) is 12.7. The highest BCUT2D eigenvalue weighted by molar-refractivity contribution is 5.88.